The minimum absolute atomic E-state index is 0.197. The Kier molecular flexibility index (Phi) is 89.1. The molecule has 0 amide bonds. The van der Waals surface area contributed by atoms with E-state index in [9.17, 15) is 33.6 Å². The molecule has 0 heterocycles. The van der Waals surface area contributed by atoms with Crippen LogP contribution in [0, 0.1) is 58.7 Å². The van der Waals surface area contributed by atoms with Crippen molar-refractivity contribution in [1.29, 1.82) is 0 Å². The van der Waals surface area contributed by atoms with Crippen LogP contribution in [-0.2, 0) is 33.6 Å². The number of carbonyl (C=O) groups is 7. The normalized spacial score (nSPS) is 15.4. The molecule has 0 saturated heterocycles. The van der Waals surface area contributed by atoms with Gasteiger partial charge in [0.1, 0.15) is 34.7 Å². The molecule has 0 spiro atoms. The third-order valence-electron chi connectivity index (χ3n) is 21.7. The van der Waals surface area contributed by atoms with E-state index in [1.54, 1.807) is 48.5 Å². The monoisotopic (exact) mass is 1480 g/mol. The van der Waals surface area contributed by atoms with E-state index in [-0.39, 0.29) is 5.78 Å². The highest BCUT2D eigenvalue weighted by atomic mass is 16.1. The molecule has 7 nitrogen and oxygen atoms in total. The number of Topliss-reactive ketones (excluding diaryl/α,β-unsaturated/α-hetero) is 6. The molecular formula is C98H186O7. The van der Waals surface area contributed by atoms with Crippen LogP contribution in [0.25, 0.3) is 0 Å². The summed E-state index contributed by atoms with van der Waals surface area (Å²) in [5, 5.41) is 0. The zero-order valence-corrected chi connectivity index (χ0v) is 75.2. The van der Waals surface area contributed by atoms with Gasteiger partial charge in [0.15, 0.2) is 5.78 Å². The second-order valence-corrected chi connectivity index (χ2v) is 34.6. The maximum Gasteiger partial charge on any atom is 0.152 e. The first-order valence-electron chi connectivity index (χ1n) is 44.8. The fraction of sp³-hybridized carbons (Fsp3) is 0.847. The van der Waals surface area contributed by atoms with E-state index in [0.29, 0.717) is 46.0 Å². The SMILES string of the molecule is CC(=O)C=C1CCCC(C)(C)C1.CCC(C)CCCC(C)CCC(C)=O.CCCC/C=C\CC/C=C\CCCCCC(C)=O.CCCCCC(C)C(C)CCC(C)=O.CC[C@@H](C)CCCC/C=C\CCCCCCC(C)=O.CC[C@@H](C)CCC[C@H](C)CCC(C)=O.CC[C@H](C)CCC[C@@H](C)CCC(C)=O. The molecule has 0 radical (unpaired) electrons. The van der Waals surface area contributed by atoms with Crippen molar-refractivity contribution in [2.45, 2.75) is 481 Å². The topological polar surface area (TPSA) is 119 Å². The van der Waals surface area contributed by atoms with Gasteiger partial charge in [-0.05, 0) is 235 Å². The fourth-order valence-corrected chi connectivity index (χ4v) is 12.5. The van der Waals surface area contributed by atoms with Crippen molar-refractivity contribution in [2.75, 3.05) is 0 Å². The molecule has 1 aliphatic carbocycles. The quantitative estimate of drug-likeness (QED) is 0.0338. The van der Waals surface area contributed by atoms with Crippen molar-refractivity contribution in [3.63, 3.8) is 0 Å². The minimum atomic E-state index is 0.197. The van der Waals surface area contributed by atoms with Crippen molar-refractivity contribution in [2.24, 2.45) is 58.7 Å². The van der Waals surface area contributed by atoms with Gasteiger partial charge in [0, 0.05) is 38.5 Å². The Bertz CT molecular complexity index is 2020. The van der Waals surface area contributed by atoms with E-state index in [0.717, 1.165) is 150 Å². The minimum Gasteiger partial charge on any atom is -0.300 e. The van der Waals surface area contributed by atoms with Gasteiger partial charge >= 0.3 is 0 Å². The second kappa shape index (κ2) is 83.1. The Morgan fingerprint density at radius 3 is 0.924 bits per heavy atom. The van der Waals surface area contributed by atoms with E-state index < -0.39 is 0 Å². The zero-order chi connectivity index (χ0) is 80.9. The number of unbranched alkanes of at least 4 members (excludes halogenated alkanes) is 14. The molecule has 0 aliphatic heterocycles. The lowest BCUT2D eigenvalue weighted by atomic mass is 9.75. The van der Waals surface area contributed by atoms with Gasteiger partial charge in [0.25, 0.3) is 0 Å². The number of allylic oxidation sites excluding steroid dienone is 8. The van der Waals surface area contributed by atoms with Crippen LogP contribution in [0.3, 0.4) is 0 Å². The van der Waals surface area contributed by atoms with E-state index in [1.807, 2.05) is 6.08 Å². The highest BCUT2D eigenvalue weighted by molar-refractivity contribution is 5.88. The number of ketones is 7. The zero-order valence-electron chi connectivity index (χ0n) is 75.2. The summed E-state index contributed by atoms with van der Waals surface area (Å²) in [7, 11) is 0. The van der Waals surface area contributed by atoms with Crippen molar-refractivity contribution in [3.8, 4) is 0 Å². The van der Waals surface area contributed by atoms with Gasteiger partial charge in [-0.1, -0.05) is 314 Å². The van der Waals surface area contributed by atoms with E-state index in [2.05, 4.69) is 154 Å². The van der Waals surface area contributed by atoms with Crippen LogP contribution in [0.4, 0.5) is 0 Å². The van der Waals surface area contributed by atoms with Crippen molar-refractivity contribution >= 4 is 40.5 Å². The number of rotatable bonds is 58. The summed E-state index contributed by atoms with van der Waals surface area (Å²) in [6, 6.07) is 0. The summed E-state index contributed by atoms with van der Waals surface area (Å²) >= 11 is 0. The molecule has 620 valence electrons. The van der Waals surface area contributed by atoms with Crippen LogP contribution in [0.15, 0.2) is 48.1 Å². The maximum absolute atomic E-state index is 10.8. The Hall–Kier alpha value is -3.35. The average molecular weight is 1480 g/mol. The van der Waals surface area contributed by atoms with E-state index >= 15 is 0 Å². The molecule has 0 aromatic heterocycles. The lowest BCUT2D eigenvalue weighted by molar-refractivity contribution is -0.118. The van der Waals surface area contributed by atoms with E-state index in [1.165, 1.54) is 217 Å². The predicted molar refractivity (Wildman–Crippen MR) is 467 cm³/mol. The van der Waals surface area contributed by atoms with Gasteiger partial charge in [-0.3, -0.25) is 4.79 Å². The Labute approximate surface area is 658 Å². The van der Waals surface area contributed by atoms with Crippen LogP contribution in [0.1, 0.15) is 481 Å². The molecule has 9 atom stereocenters. The molecule has 1 aliphatic rings. The first-order valence-corrected chi connectivity index (χ1v) is 44.8. The maximum atomic E-state index is 10.8. The molecule has 1 fully saturated rings. The predicted octanol–water partition coefficient (Wildman–Crippen LogP) is 31.6. The first kappa shape index (κ1) is 113. The van der Waals surface area contributed by atoms with Crippen molar-refractivity contribution < 1.29 is 33.6 Å². The number of hydrogen-bond donors (Lipinski definition) is 0. The van der Waals surface area contributed by atoms with E-state index in [4.69, 9.17) is 0 Å². The third-order valence-corrected chi connectivity index (χ3v) is 21.7. The average Bonchev–Trinajstić information content (AvgIpc) is 0.869. The molecule has 0 bridgehead atoms. The molecular weight excluding hydrogens is 1290 g/mol. The first-order chi connectivity index (χ1) is 49.7. The van der Waals surface area contributed by atoms with Crippen molar-refractivity contribution in [3.05, 3.63) is 48.1 Å². The highest BCUT2D eigenvalue weighted by Gasteiger charge is 2.24. The molecule has 0 N–H and O–H groups in total. The summed E-state index contributed by atoms with van der Waals surface area (Å²) in [6.45, 7) is 50.5. The molecule has 105 heavy (non-hydrogen) atoms. The molecule has 0 aromatic rings. The summed E-state index contributed by atoms with van der Waals surface area (Å²) < 4.78 is 0. The molecule has 1 rings (SSSR count). The van der Waals surface area contributed by atoms with Gasteiger partial charge in [-0.2, -0.15) is 0 Å². The molecule has 4 unspecified atom stereocenters. The highest BCUT2D eigenvalue weighted by Crippen LogP contribution is 2.38. The summed E-state index contributed by atoms with van der Waals surface area (Å²) in [4.78, 5) is 75.5. The Morgan fingerprint density at radius 1 is 0.305 bits per heavy atom. The number of carbonyl (C=O) groups excluding carboxylic acids is 7. The van der Waals surface area contributed by atoms with Crippen LogP contribution < -0.4 is 0 Å². The lowest BCUT2D eigenvalue weighted by Gasteiger charge is -2.31. The lowest BCUT2D eigenvalue weighted by Crippen LogP contribution is -2.17. The molecule has 7 heteroatoms. The molecule has 0 aromatic carbocycles. The van der Waals surface area contributed by atoms with Gasteiger partial charge in [-0.15, -0.1) is 0 Å². The summed E-state index contributed by atoms with van der Waals surface area (Å²) in [6.07, 6.45) is 74.0. The van der Waals surface area contributed by atoms with Gasteiger partial charge in [0.05, 0.1) is 0 Å². The van der Waals surface area contributed by atoms with Crippen LogP contribution >= 0.6 is 0 Å². The third kappa shape index (κ3) is 103. The van der Waals surface area contributed by atoms with Crippen LogP contribution in [-0.4, -0.2) is 40.5 Å². The second-order valence-electron chi connectivity index (χ2n) is 34.6. The van der Waals surface area contributed by atoms with Gasteiger partial charge in [-0.25, -0.2) is 0 Å². The largest absolute Gasteiger partial charge is 0.300 e. The summed E-state index contributed by atoms with van der Waals surface area (Å²) in [5.74, 6) is 9.35. The Balaban J connectivity index is -0.000000274. The van der Waals surface area contributed by atoms with Crippen molar-refractivity contribution in [1.82, 2.24) is 0 Å². The van der Waals surface area contributed by atoms with Crippen LogP contribution in [0.5, 0.6) is 0 Å². The smallest absolute Gasteiger partial charge is 0.152 e. The fourth-order valence-electron chi connectivity index (χ4n) is 12.5. The molecule has 1 saturated carbocycles. The van der Waals surface area contributed by atoms with Crippen LogP contribution in [0.2, 0.25) is 0 Å². The standard InChI is InChI=1S/C18H34O.C17H30O.4C13H26O.C11H18O/c1-4-17(2)15-13-11-9-7-5-6-8-10-12-14-16-18(3)19;1-3-4-5-6-7-8-9-10-11-12-13-14-15-16-17(2)18;3*1-5-11(2)7-6-8-12(3)9-10-13(4)14;1-5-6-7-8-11(2)12(3)9-10-13(4)14;1-9(12)7-10-5-4-6-11(2,3)8-10/h5,7,17H,4,6,8-16H2,1-3H3;6-7,10-11H,3-5,8-9,12-16H2,1-2H3;4*11-12H,5-10H2,1-4H3;7H,4-6,8H2,1-3H3/b7-5-;7-6-,11-10-;;;;;/t17-;;2*11-,12+;;;/m1.10.../s1. The Morgan fingerprint density at radius 2 is 0.590 bits per heavy atom. The van der Waals surface area contributed by atoms with Gasteiger partial charge < -0.3 is 28.8 Å². The summed E-state index contributed by atoms with van der Waals surface area (Å²) in [5.41, 5.74) is 1.76. The van der Waals surface area contributed by atoms with Gasteiger partial charge in [0.2, 0.25) is 0 Å². The number of hydrogen-bond acceptors (Lipinski definition) is 7.